The molecule has 0 bridgehead atoms. The number of aliphatic hydroxyl groups is 1. The summed E-state index contributed by atoms with van der Waals surface area (Å²) >= 11 is 0. The molecule has 118 valence electrons. The van der Waals surface area contributed by atoms with E-state index in [9.17, 15) is 9.18 Å². The van der Waals surface area contributed by atoms with E-state index in [1.807, 2.05) is 19.9 Å². The smallest absolute Gasteiger partial charge is 0.251 e. The standard InChI is InChI=1S/C16H20FN3O2/c1-10(6-7-21)18-16(22)13-4-5-15(14(17)9-13)20-12(3)8-11(2)19-20/h4-5,8-10,21H,6-7H2,1-3H3,(H,18,22)/t10-/m1/s1. The summed E-state index contributed by atoms with van der Waals surface area (Å²) in [6.45, 7) is 5.46. The van der Waals surface area contributed by atoms with Crippen LogP contribution in [0.15, 0.2) is 24.3 Å². The molecule has 0 aliphatic carbocycles. The predicted molar refractivity (Wildman–Crippen MR) is 81.6 cm³/mol. The Kier molecular flexibility index (Phi) is 4.92. The fourth-order valence-corrected chi connectivity index (χ4v) is 2.27. The highest BCUT2D eigenvalue weighted by Gasteiger charge is 2.14. The van der Waals surface area contributed by atoms with Gasteiger partial charge in [-0.2, -0.15) is 5.10 Å². The van der Waals surface area contributed by atoms with Crippen LogP contribution < -0.4 is 5.32 Å². The number of hydrogen-bond acceptors (Lipinski definition) is 3. The summed E-state index contributed by atoms with van der Waals surface area (Å²) in [4.78, 5) is 12.0. The molecule has 0 radical (unpaired) electrons. The second-order valence-corrected chi connectivity index (χ2v) is 5.39. The Balaban J connectivity index is 2.23. The molecule has 0 saturated carbocycles. The first-order valence-electron chi connectivity index (χ1n) is 7.17. The molecule has 2 N–H and O–H groups in total. The number of aromatic nitrogens is 2. The normalized spacial score (nSPS) is 12.2. The van der Waals surface area contributed by atoms with Gasteiger partial charge in [-0.3, -0.25) is 4.79 Å². The summed E-state index contributed by atoms with van der Waals surface area (Å²) in [5, 5.41) is 15.8. The number of nitrogens with one attached hydrogen (secondary N) is 1. The number of aliphatic hydroxyl groups excluding tert-OH is 1. The average Bonchev–Trinajstić information content (AvgIpc) is 2.77. The Labute approximate surface area is 128 Å². The molecule has 0 fully saturated rings. The quantitative estimate of drug-likeness (QED) is 0.889. The number of nitrogens with zero attached hydrogens (tertiary/aromatic N) is 2. The van der Waals surface area contributed by atoms with E-state index >= 15 is 0 Å². The third kappa shape index (κ3) is 3.51. The van der Waals surface area contributed by atoms with Gasteiger partial charge in [-0.25, -0.2) is 9.07 Å². The van der Waals surface area contributed by atoms with E-state index in [0.29, 0.717) is 12.1 Å². The van der Waals surface area contributed by atoms with Gasteiger partial charge in [0.05, 0.1) is 5.69 Å². The molecule has 6 heteroatoms. The van der Waals surface area contributed by atoms with E-state index in [-0.39, 0.29) is 24.1 Å². The second kappa shape index (κ2) is 6.70. The van der Waals surface area contributed by atoms with E-state index in [1.54, 1.807) is 19.1 Å². The summed E-state index contributed by atoms with van der Waals surface area (Å²) in [5.41, 5.74) is 2.18. The Morgan fingerprint density at radius 3 is 2.68 bits per heavy atom. The van der Waals surface area contributed by atoms with Crippen molar-refractivity contribution in [1.82, 2.24) is 15.1 Å². The maximum atomic E-state index is 14.3. The number of hydrogen-bond donors (Lipinski definition) is 2. The van der Waals surface area contributed by atoms with Crippen molar-refractivity contribution >= 4 is 5.91 Å². The summed E-state index contributed by atoms with van der Waals surface area (Å²) in [6, 6.07) is 6.00. The first-order chi connectivity index (χ1) is 10.4. The van der Waals surface area contributed by atoms with E-state index < -0.39 is 5.82 Å². The van der Waals surface area contributed by atoms with Gasteiger partial charge in [-0.05, 0) is 51.5 Å². The van der Waals surface area contributed by atoms with Gasteiger partial charge in [0.15, 0.2) is 0 Å². The van der Waals surface area contributed by atoms with E-state index in [1.165, 1.54) is 10.7 Å². The number of carbonyl (C=O) groups excluding carboxylic acids is 1. The van der Waals surface area contributed by atoms with Crippen LogP contribution in [0.25, 0.3) is 5.69 Å². The van der Waals surface area contributed by atoms with Crippen LogP contribution in [-0.2, 0) is 0 Å². The lowest BCUT2D eigenvalue weighted by molar-refractivity contribution is 0.0934. The molecular formula is C16H20FN3O2. The van der Waals surface area contributed by atoms with Crippen LogP contribution in [0.5, 0.6) is 0 Å². The molecule has 2 rings (SSSR count). The van der Waals surface area contributed by atoms with Gasteiger partial charge in [0, 0.05) is 23.9 Å². The number of aryl methyl sites for hydroxylation is 2. The zero-order valence-electron chi connectivity index (χ0n) is 12.9. The number of benzene rings is 1. The van der Waals surface area contributed by atoms with Crippen molar-refractivity contribution in [2.45, 2.75) is 33.2 Å². The van der Waals surface area contributed by atoms with Crippen molar-refractivity contribution in [3.05, 3.63) is 47.0 Å². The molecule has 1 aromatic heterocycles. The molecule has 1 amide bonds. The summed E-state index contributed by atoms with van der Waals surface area (Å²) in [6.07, 6.45) is 0.456. The summed E-state index contributed by atoms with van der Waals surface area (Å²) in [7, 11) is 0. The highest BCUT2D eigenvalue weighted by atomic mass is 19.1. The van der Waals surface area contributed by atoms with E-state index in [0.717, 1.165) is 11.4 Å². The predicted octanol–water partition coefficient (Wildman–Crippen LogP) is 2.13. The van der Waals surface area contributed by atoms with Crippen molar-refractivity contribution in [2.24, 2.45) is 0 Å². The third-order valence-corrected chi connectivity index (χ3v) is 3.39. The van der Waals surface area contributed by atoms with Crippen LogP contribution in [0.4, 0.5) is 4.39 Å². The molecule has 1 atom stereocenters. The molecule has 0 spiro atoms. The fourth-order valence-electron chi connectivity index (χ4n) is 2.27. The Morgan fingerprint density at radius 2 is 2.14 bits per heavy atom. The zero-order valence-corrected chi connectivity index (χ0v) is 12.9. The summed E-state index contributed by atoms with van der Waals surface area (Å²) in [5.74, 6) is -0.867. The van der Waals surface area contributed by atoms with Crippen LogP contribution in [0.3, 0.4) is 0 Å². The molecule has 22 heavy (non-hydrogen) atoms. The zero-order chi connectivity index (χ0) is 16.3. The Hall–Kier alpha value is -2.21. The minimum Gasteiger partial charge on any atom is -0.396 e. The van der Waals surface area contributed by atoms with Crippen LogP contribution in [-0.4, -0.2) is 33.4 Å². The Bertz CT molecular complexity index is 682. The number of amides is 1. The lowest BCUT2D eigenvalue weighted by atomic mass is 10.1. The van der Waals surface area contributed by atoms with Crippen LogP contribution in [0.1, 0.15) is 35.1 Å². The first kappa shape index (κ1) is 16.2. The number of carbonyl (C=O) groups is 1. The van der Waals surface area contributed by atoms with Crippen molar-refractivity contribution < 1.29 is 14.3 Å². The van der Waals surface area contributed by atoms with Gasteiger partial charge in [0.25, 0.3) is 5.91 Å². The van der Waals surface area contributed by atoms with Crippen molar-refractivity contribution in [2.75, 3.05) is 6.61 Å². The van der Waals surface area contributed by atoms with Gasteiger partial charge in [0.2, 0.25) is 0 Å². The molecular weight excluding hydrogens is 285 g/mol. The minimum absolute atomic E-state index is 0.00727. The minimum atomic E-state index is -0.506. The highest BCUT2D eigenvalue weighted by molar-refractivity contribution is 5.94. The Morgan fingerprint density at radius 1 is 1.41 bits per heavy atom. The van der Waals surface area contributed by atoms with Crippen molar-refractivity contribution in [3.63, 3.8) is 0 Å². The monoisotopic (exact) mass is 305 g/mol. The molecule has 5 nitrogen and oxygen atoms in total. The molecule has 2 aromatic rings. The van der Waals surface area contributed by atoms with Gasteiger partial charge in [0.1, 0.15) is 11.5 Å². The topological polar surface area (TPSA) is 67.2 Å². The van der Waals surface area contributed by atoms with Gasteiger partial charge >= 0.3 is 0 Å². The largest absolute Gasteiger partial charge is 0.396 e. The van der Waals surface area contributed by atoms with Gasteiger partial charge < -0.3 is 10.4 Å². The molecule has 1 aromatic carbocycles. The van der Waals surface area contributed by atoms with Gasteiger partial charge in [-0.1, -0.05) is 0 Å². The first-order valence-corrected chi connectivity index (χ1v) is 7.17. The third-order valence-electron chi connectivity index (χ3n) is 3.39. The second-order valence-electron chi connectivity index (χ2n) is 5.39. The maximum absolute atomic E-state index is 14.3. The molecule has 0 aliphatic rings. The van der Waals surface area contributed by atoms with Gasteiger partial charge in [-0.15, -0.1) is 0 Å². The van der Waals surface area contributed by atoms with Crippen molar-refractivity contribution in [3.8, 4) is 5.69 Å². The molecule has 0 unspecified atom stereocenters. The average molecular weight is 305 g/mol. The van der Waals surface area contributed by atoms with Crippen LogP contribution in [0, 0.1) is 19.7 Å². The SMILES string of the molecule is Cc1cc(C)n(-c2ccc(C(=O)N[C@H](C)CCO)cc2F)n1. The molecule has 0 saturated heterocycles. The summed E-state index contributed by atoms with van der Waals surface area (Å²) < 4.78 is 15.8. The van der Waals surface area contributed by atoms with Crippen molar-refractivity contribution in [1.29, 1.82) is 0 Å². The van der Waals surface area contributed by atoms with Crippen LogP contribution >= 0.6 is 0 Å². The van der Waals surface area contributed by atoms with Crippen LogP contribution in [0.2, 0.25) is 0 Å². The number of rotatable bonds is 5. The fraction of sp³-hybridized carbons (Fsp3) is 0.375. The van der Waals surface area contributed by atoms with E-state index in [2.05, 4.69) is 10.4 Å². The lowest BCUT2D eigenvalue weighted by Gasteiger charge is -2.13. The maximum Gasteiger partial charge on any atom is 0.251 e. The lowest BCUT2D eigenvalue weighted by Crippen LogP contribution is -2.33. The molecule has 1 heterocycles. The number of halogens is 1. The molecule has 0 aliphatic heterocycles. The highest BCUT2D eigenvalue weighted by Crippen LogP contribution is 2.17. The van der Waals surface area contributed by atoms with E-state index in [4.69, 9.17) is 5.11 Å².